The minimum atomic E-state index is -0.244. The normalized spacial score (nSPS) is 12.3. The van der Waals surface area contributed by atoms with Crippen molar-refractivity contribution in [2.75, 3.05) is 27.2 Å². The Morgan fingerprint density at radius 3 is 1.30 bits per heavy atom. The standard InChI is InChI=1S/C42H78N2O2/c1-5-7-9-11-13-15-17-19-21-23-25-27-29-31-33-35-37-41(46-42(45)43-39-40-44(3)4)38-36-34-32-30-28-26-24-22-20-18-16-14-12-10-8-6-2/h13-16,19-22,41H,5-12,17-18,23-40H2,1-4H3,(H,43,45)/b15-13+,16-14+,21-19+,22-20+. The number of rotatable bonds is 34. The molecule has 0 aromatic heterocycles. The first-order valence-electron chi connectivity index (χ1n) is 19.8. The van der Waals surface area contributed by atoms with E-state index in [4.69, 9.17) is 4.74 Å². The number of amides is 1. The summed E-state index contributed by atoms with van der Waals surface area (Å²) in [7, 11) is 4.04. The Balaban J connectivity index is 4.01. The zero-order chi connectivity index (χ0) is 33.6. The second-order valence-electron chi connectivity index (χ2n) is 13.5. The van der Waals surface area contributed by atoms with Crippen LogP contribution in [0.1, 0.15) is 181 Å². The molecule has 0 saturated carbocycles. The van der Waals surface area contributed by atoms with E-state index in [2.05, 4.69) is 72.7 Å². The third kappa shape index (κ3) is 36.7. The fourth-order valence-electron chi connectivity index (χ4n) is 5.56. The van der Waals surface area contributed by atoms with Crippen molar-refractivity contribution in [1.82, 2.24) is 10.2 Å². The summed E-state index contributed by atoms with van der Waals surface area (Å²) < 4.78 is 5.89. The lowest BCUT2D eigenvalue weighted by Crippen LogP contribution is -2.34. The van der Waals surface area contributed by atoms with Crippen LogP contribution in [0.15, 0.2) is 48.6 Å². The van der Waals surface area contributed by atoms with Crippen LogP contribution in [0.3, 0.4) is 0 Å². The lowest BCUT2D eigenvalue weighted by atomic mass is 10.0. The zero-order valence-electron chi connectivity index (χ0n) is 31.3. The molecule has 0 bridgehead atoms. The van der Waals surface area contributed by atoms with E-state index in [0.717, 1.165) is 45.1 Å². The number of carbonyl (C=O) groups excluding carboxylic acids is 1. The molecule has 0 fully saturated rings. The van der Waals surface area contributed by atoms with Gasteiger partial charge < -0.3 is 15.0 Å². The van der Waals surface area contributed by atoms with Crippen LogP contribution in [0.4, 0.5) is 4.79 Å². The Bertz CT molecular complexity index is 692. The number of nitrogens with zero attached hydrogens (tertiary/aromatic N) is 1. The summed E-state index contributed by atoms with van der Waals surface area (Å²) in [5.74, 6) is 0. The van der Waals surface area contributed by atoms with Crippen molar-refractivity contribution in [3.05, 3.63) is 48.6 Å². The van der Waals surface area contributed by atoms with Gasteiger partial charge >= 0.3 is 6.09 Å². The number of ether oxygens (including phenoxy) is 1. The monoisotopic (exact) mass is 643 g/mol. The molecule has 46 heavy (non-hydrogen) atoms. The number of hydrogen-bond donors (Lipinski definition) is 1. The molecule has 1 N–H and O–H groups in total. The molecule has 4 heteroatoms. The van der Waals surface area contributed by atoms with Gasteiger partial charge in [-0.15, -0.1) is 0 Å². The van der Waals surface area contributed by atoms with Crippen LogP contribution < -0.4 is 5.32 Å². The van der Waals surface area contributed by atoms with Crippen LogP contribution in [0, 0.1) is 0 Å². The van der Waals surface area contributed by atoms with Crippen LogP contribution in [-0.4, -0.2) is 44.3 Å². The molecule has 0 saturated heterocycles. The summed E-state index contributed by atoms with van der Waals surface area (Å²) in [6, 6.07) is 0. The van der Waals surface area contributed by atoms with Crippen molar-refractivity contribution >= 4 is 6.09 Å². The highest BCUT2D eigenvalue weighted by Crippen LogP contribution is 2.17. The summed E-state index contributed by atoms with van der Waals surface area (Å²) >= 11 is 0. The van der Waals surface area contributed by atoms with Crippen LogP contribution in [0.25, 0.3) is 0 Å². The van der Waals surface area contributed by atoms with Gasteiger partial charge in [0.1, 0.15) is 6.10 Å². The first-order chi connectivity index (χ1) is 22.6. The van der Waals surface area contributed by atoms with E-state index in [1.807, 2.05) is 14.1 Å². The average Bonchev–Trinajstić information content (AvgIpc) is 3.04. The average molecular weight is 643 g/mol. The molecule has 268 valence electrons. The highest BCUT2D eigenvalue weighted by Gasteiger charge is 2.14. The molecule has 0 aromatic rings. The maximum atomic E-state index is 12.4. The minimum Gasteiger partial charge on any atom is -0.446 e. The van der Waals surface area contributed by atoms with E-state index < -0.39 is 0 Å². The molecule has 0 rings (SSSR count). The Hall–Kier alpha value is -1.81. The van der Waals surface area contributed by atoms with Gasteiger partial charge in [0, 0.05) is 13.1 Å². The van der Waals surface area contributed by atoms with E-state index in [-0.39, 0.29) is 12.2 Å². The maximum Gasteiger partial charge on any atom is 0.407 e. The van der Waals surface area contributed by atoms with Gasteiger partial charge in [-0.05, 0) is 104 Å². The van der Waals surface area contributed by atoms with Crippen LogP contribution >= 0.6 is 0 Å². The van der Waals surface area contributed by atoms with Crippen molar-refractivity contribution in [2.45, 2.75) is 187 Å². The molecule has 0 unspecified atom stereocenters. The van der Waals surface area contributed by atoms with Gasteiger partial charge in [0.15, 0.2) is 0 Å². The van der Waals surface area contributed by atoms with Crippen molar-refractivity contribution in [3.8, 4) is 0 Å². The van der Waals surface area contributed by atoms with Gasteiger partial charge in [0.05, 0.1) is 0 Å². The van der Waals surface area contributed by atoms with Gasteiger partial charge in [-0.25, -0.2) is 4.79 Å². The second kappa shape index (κ2) is 37.6. The lowest BCUT2D eigenvalue weighted by Gasteiger charge is -2.19. The van der Waals surface area contributed by atoms with E-state index in [9.17, 15) is 4.79 Å². The van der Waals surface area contributed by atoms with Gasteiger partial charge in [-0.2, -0.15) is 0 Å². The summed E-state index contributed by atoms with van der Waals surface area (Å²) in [5, 5.41) is 2.94. The smallest absolute Gasteiger partial charge is 0.407 e. The fraction of sp³-hybridized carbons (Fsp3) is 0.786. The summed E-state index contributed by atoms with van der Waals surface area (Å²) in [6.07, 6.45) is 50.7. The van der Waals surface area contributed by atoms with Crippen molar-refractivity contribution in [1.29, 1.82) is 0 Å². The summed E-state index contributed by atoms with van der Waals surface area (Å²) in [6.45, 7) is 5.98. The molecular formula is C42H78N2O2. The largest absolute Gasteiger partial charge is 0.446 e. The topological polar surface area (TPSA) is 41.6 Å². The Labute approximate surface area is 288 Å². The Morgan fingerprint density at radius 2 is 0.913 bits per heavy atom. The molecule has 0 aliphatic carbocycles. The quantitative estimate of drug-likeness (QED) is 0.0561. The van der Waals surface area contributed by atoms with Crippen LogP contribution in [0.5, 0.6) is 0 Å². The lowest BCUT2D eigenvalue weighted by molar-refractivity contribution is 0.0837. The molecule has 0 aromatic carbocycles. The summed E-state index contributed by atoms with van der Waals surface area (Å²) in [4.78, 5) is 14.5. The Morgan fingerprint density at radius 1 is 0.543 bits per heavy atom. The van der Waals surface area contributed by atoms with Crippen molar-refractivity contribution < 1.29 is 9.53 Å². The predicted octanol–water partition coefficient (Wildman–Crippen LogP) is 13.0. The van der Waals surface area contributed by atoms with Crippen LogP contribution in [0.2, 0.25) is 0 Å². The number of nitrogens with one attached hydrogen (secondary N) is 1. The van der Waals surface area contributed by atoms with Gasteiger partial charge in [0.2, 0.25) is 0 Å². The molecule has 0 aliphatic heterocycles. The van der Waals surface area contributed by atoms with Crippen LogP contribution in [-0.2, 0) is 4.74 Å². The highest BCUT2D eigenvalue weighted by molar-refractivity contribution is 5.67. The molecule has 0 aliphatic rings. The third-order valence-corrected chi connectivity index (χ3v) is 8.56. The molecule has 0 heterocycles. The number of likely N-dealkylation sites (N-methyl/N-ethyl adjacent to an activating group) is 1. The SMILES string of the molecule is CCCCC/C=C/C/C=C/CCCCCCCCC(CCCCCCCC/C=C/C/C=C/CCCCC)OC(=O)NCCN(C)C. The number of unbranched alkanes of at least 4 members (excludes halogenated alkanes) is 18. The van der Waals surface area contributed by atoms with Gasteiger partial charge in [-0.1, -0.05) is 140 Å². The molecule has 0 atom stereocenters. The van der Waals surface area contributed by atoms with Crippen molar-refractivity contribution in [3.63, 3.8) is 0 Å². The number of carbonyl (C=O) groups is 1. The summed E-state index contributed by atoms with van der Waals surface area (Å²) in [5.41, 5.74) is 0. The third-order valence-electron chi connectivity index (χ3n) is 8.56. The number of allylic oxidation sites excluding steroid dienone is 8. The predicted molar refractivity (Wildman–Crippen MR) is 205 cm³/mol. The zero-order valence-corrected chi connectivity index (χ0v) is 31.3. The first-order valence-corrected chi connectivity index (χ1v) is 19.8. The van der Waals surface area contributed by atoms with Crippen molar-refractivity contribution in [2.24, 2.45) is 0 Å². The number of alkyl carbamates (subject to hydrolysis) is 1. The van der Waals surface area contributed by atoms with E-state index in [1.165, 1.54) is 128 Å². The molecule has 0 radical (unpaired) electrons. The molecule has 4 nitrogen and oxygen atoms in total. The molecule has 0 spiro atoms. The molecule has 1 amide bonds. The maximum absolute atomic E-state index is 12.4. The minimum absolute atomic E-state index is 0.0519. The highest BCUT2D eigenvalue weighted by atomic mass is 16.6. The van der Waals surface area contributed by atoms with E-state index >= 15 is 0 Å². The second-order valence-corrected chi connectivity index (χ2v) is 13.5. The van der Waals surface area contributed by atoms with E-state index in [0.29, 0.717) is 6.54 Å². The fourth-order valence-corrected chi connectivity index (χ4v) is 5.56. The first kappa shape index (κ1) is 44.2. The van der Waals surface area contributed by atoms with Gasteiger partial charge in [-0.3, -0.25) is 0 Å². The number of hydrogen-bond acceptors (Lipinski definition) is 3. The van der Waals surface area contributed by atoms with Gasteiger partial charge in [0.25, 0.3) is 0 Å². The molecular weight excluding hydrogens is 564 g/mol. The Kier molecular flexibility index (Phi) is 36.2. The van der Waals surface area contributed by atoms with E-state index in [1.54, 1.807) is 0 Å².